The summed E-state index contributed by atoms with van der Waals surface area (Å²) in [5.41, 5.74) is 1.25. The van der Waals surface area contributed by atoms with Crippen LogP contribution in [0.1, 0.15) is 24.0 Å². The highest BCUT2D eigenvalue weighted by atomic mass is 35.5. The molecule has 0 aromatic heterocycles. The predicted octanol–water partition coefficient (Wildman–Crippen LogP) is 4.75. The lowest BCUT2D eigenvalue weighted by atomic mass is 10.1. The molecule has 3 aliphatic rings. The number of guanidine groups is 1. The van der Waals surface area contributed by atoms with Gasteiger partial charge in [-0.25, -0.2) is 13.2 Å². The zero-order chi connectivity index (χ0) is 22.6. The molecule has 164 valence electrons. The highest BCUT2D eigenvalue weighted by Crippen LogP contribution is 2.50. The van der Waals surface area contributed by atoms with Crippen LogP contribution >= 0.6 is 11.6 Å². The van der Waals surface area contributed by atoms with Crippen molar-refractivity contribution in [2.45, 2.75) is 19.3 Å². The molecule has 1 fully saturated rings. The molecule has 2 aliphatic heterocycles. The normalized spacial score (nSPS) is 17.8. The van der Waals surface area contributed by atoms with Crippen molar-refractivity contribution in [1.82, 2.24) is 5.01 Å². The third kappa shape index (κ3) is 3.56. The van der Waals surface area contributed by atoms with Crippen molar-refractivity contribution in [3.05, 3.63) is 58.4 Å². The molecule has 0 N–H and O–H groups in total. The molecule has 0 radical (unpaired) electrons. The number of fused-ring (bicyclic) bond motifs is 3. The number of halogens is 4. The van der Waals surface area contributed by atoms with Crippen LogP contribution in [0.25, 0.3) is 0 Å². The van der Waals surface area contributed by atoms with Gasteiger partial charge in [0.05, 0.1) is 11.1 Å². The van der Waals surface area contributed by atoms with Crippen LogP contribution in [0.5, 0.6) is 0 Å². The third-order valence-electron chi connectivity index (χ3n) is 5.79. The Morgan fingerprint density at radius 3 is 2.69 bits per heavy atom. The molecule has 0 amide bonds. The number of hydrogen-bond donors (Lipinski definition) is 0. The first kappa shape index (κ1) is 20.7. The Bertz CT molecular complexity index is 1230. The molecule has 5 rings (SSSR count). The summed E-state index contributed by atoms with van der Waals surface area (Å²) in [7, 11) is 3.61. The van der Waals surface area contributed by atoms with Crippen molar-refractivity contribution in [2.24, 2.45) is 15.5 Å². The number of amidine groups is 1. The van der Waals surface area contributed by atoms with Gasteiger partial charge in [-0.3, -0.25) is 9.91 Å². The molecule has 0 bridgehead atoms. The number of aliphatic imine (C=N–C) groups is 1. The quantitative estimate of drug-likeness (QED) is 0.610. The van der Waals surface area contributed by atoms with E-state index in [1.165, 1.54) is 12.1 Å². The fourth-order valence-electron chi connectivity index (χ4n) is 3.79. The van der Waals surface area contributed by atoms with Crippen LogP contribution in [0.15, 0.2) is 46.5 Å². The van der Waals surface area contributed by atoms with Gasteiger partial charge in [0.25, 0.3) is 12.4 Å². The molecule has 2 heterocycles. The summed E-state index contributed by atoms with van der Waals surface area (Å²) < 4.78 is 40.8. The van der Waals surface area contributed by atoms with Gasteiger partial charge in [-0.15, -0.1) is 5.10 Å². The molecule has 2 aromatic rings. The predicted molar refractivity (Wildman–Crippen MR) is 120 cm³/mol. The first-order chi connectivity index (χ1) is 15.3. The van der Waals surface area contributed by atoms with Crippen LogP contribution in [-0.4, -0.2) is 44.0 Å². The summed E-state index contributed by atoms with van der Waals surface area (Å²) in [6.07, 6.45) is -1.77. The Labute approximate surface area is 188 Å². The second-order valence-electron chi connectivity index (χ2n) is 8.19. The molecular weight excluding hydrogens is 439 g/mol. The molecule has 0 unspecified atom stereocenters. The molecule has 2 aromatic carbocycles. The Kier molecular flexibility index (Phi) is 4.82. The highest BCUT2D eigenvalue weighted by Gasteiger charge is 2.50. The van der Waals surface area contributed by atoms with Crippen molar-refractivity contribution in [3.63, 3.8) is 0 Å². The number of hydrazone groups is 1. The summed E-state index contributed by atoms with van der Waals surface area (Å²) in [6.45, 7) is 0.536. The second-order valence-corrected chi connectivity index (χ2v) is 8.62. The van der Waals surface area contributed by atoms with Crippen LogP contribution in [0, 0.1) is 23.1 Å². The number of hydrogen-bond acceptors (Lipinski definition) is 5. The standard InChI is InChI=1S/C23H19ClF3N5/c1-30-13-32-19-11-15(24)3-4-18(19)20(28-22(32)29-30)31(2)17-10-14(9-16(25)12-17)5-6-23(7-8-23)21(26)27/h3-4,9-12,21H,7-8,13H2,1-2H3. The topological polar surface area (TPSA) is 34.4 Å². The lowest BCUT2D eigenvalue weighted by Gasteiger charge is -2.31. The van der Waals surface area contributed by atoms with Crippen LogP contribution in [0.3, 0.4) is 0 Å². The maximum atomic E-state index is 14.4. The van der Waals surface area contributed by atoms with Gasteiger partial charge < -0.3 is 4.90 Å². The average Bonchev–Trinajstić information content (AvgIpc) is 3.45. The largest absolute Gasteiger partial charge is 0.329 e. The average molecular weight is 458 g/mol. The lowest BCUT2D eigenvalue weighted by Crippen LogP contribution is -2.39. The Hall–Kier alpha value is -3.18. The molecule has 32 heavy (non-hydrogen) atoms. The maximum Gasteiger partial charge on any atom is 0.254 e. The summed E-state index contributed by atoms with van der Waals surface area (Å²) in [5.74, 6) is 5.97. The van der Waals surface area contributed by atoms with E-state index in [9.17, 15) is 13.2 Å². The number of rotatable bonds is 2. The summed E-state index contributed by atoms with van der Waals surface area (Å²) in [4.78, 5) is 8.38. The van der Waals surface area contributed by atoms with Crippen molar-refractivity contribution in [3.8, 4) is 11.8 Å². The SMILES string of the molecule is CN1CN2C(=N1)N=C(N(C)c1cc(F)cc(C#CC3(C(F)F)CC3)c1)c1ccc(Cl)cc12. The van der Waals surface area contributed by atoms with E-state index >= 15 is 0 Å². The van der Waals surface area contributed by atoms with Gasteiger partial charge in [0.2, 0.25) is 0 Å². The van der Waals surface area contributed by atoms with Crippen molar-refractivity contribution in [1.29, 1.82) is 0 Å². The van der Waals surface area contributed by atoms with Crippen molar-refractivity contribution >= 4 is 34.8 Å². The second kappa shape index (κ2) is 7.45. The summed E-state index contributed by atoms with van der Waals surface area (Å²) in [5, 5.41) is 6.78. The highest BCUT2D eigenvalue weighted by molar-refractivity contribution is 6.32. The zero-order valence-corrected chi connectivity index (χ0v) is 18.2. The monoisotopic (exact) mass is 457 g/mol. The molecule has 0 spiro atoms. The van der Waals surface area contributed by atoms with Gasteiger partial charge in [-0.2, -0.15) is 4.99 Å². The first-order valence-corrected chi connectivity index (χ1v) is 10.5. The number of anilines is 2. The summed E-state index contributed by atoms with van der Waals surface area (Å²) in [6, 6.07) is 9.76. The fraction of sp³-hybridized carbons (Fsp3) is 0.304. The molecule has 1 saturated carbocycles. The lowest BCUT2D eigenvalue weighted by molar-refractivity contribution is 0.0921. The van der Waals surface area contributed by atoms with Crippen molar-refractivity contribution in [2.75, 3.05) is 30.6 Å². The van der Waals surface area contributed by atoms with Crippen LogP contribution < -0.4 is 9.80 Å². The van der Waals surface area contributed by atoms with Crippen LogP contribution in [0.2, 0.25) is 5.02 Å². The van der Waals surface area contributed by atoms with E-state index < -0.39 is 17.7 Å². The first-order valence-electron chi connectivity index (χ1n) is 10.1. The Morgan fingerprint density at radius 1 is 1.19 bits per heavy atom. The number of alkyl halides is 2. The van der Waals surface area contributed by atoms with E-state index in [4.69, 9.17) is 16.6 Å². The van der Waals surface area contributed by atoms with Gasteiger partial charge in [0, 0.05) is 35.9 Å². The fourth-order valence-corrected chi connectivity index (χ4v) is 3.96. The molecular formula is C23H19ClF3N5. The molecule has 0 atom stereocenters. The van der Waals surface area contributed by atoms with Gasteiger partial charge in [0.15, 0.2) is 0 Å². The molecule has 0 saturated heterocycles. The smallest absolute Gasteiger partial charge is 0.254 e. The van der Waals surface area contributed by atoms with E-state index in [-0.39, 0.29) is 0 Å². The third-order valence-corrected chi connectivity index (χ3v) is 6.03. The van der Waals surface area contributed by atoms with E-state index in [0.717, 1.165) is 11.3 Å². The van der Waals surface area contributed by atoms with Gasteiger partial charge in [-0.05, 0) is 49.2 Å². The van der Waals surface area contributed by atoms with Gasteiger partial charge in [-0.1, -0.05) is 23.4 Å². The summed E-state index contributed by atoms with van der Waals surface area (Å²) >= 11 is 6.24. The molecule has 9 heteroatoms. The molecule has 5 nitrogen and oxygen atoms in total. The maximum absolute atomic E-state index is 14.4. The Balaban J connectivity index is 1.54. The zero-order valence-electron chi connectivity index (χ0n) is 17.4. The minimum Gasteiger partial charge on any atom is -0.329 e. The number of benzene rings is 2. The van der Waals surface area contributed by atoms with E-state index in [0.29, 0.717) is 47.6 Å². The Morgan fingerprint density at radius 2 is 1.97 bits per heavy atom. The minimum atomic E-state index is -2.50. The van der Waals surface area contributed by atoms with E-state index in [1.807, 2.05) is 24.1 Å². The van der Waals surface area contributed by atoms with Crippen molar-refractivity contribution < 1.29 is 13.2 Å². The minimum absolute atomic E-state index is 0.339. The van der Waals surface area contributed by atoms with Crippen LogP contribution in [0.4, 0.5) is 24.5 Å². The molecule has 1 aliphatic carbocycles. The van der Waals surface area contributed by atoms with Gasteiger partial charge >= 0.3 is 0 Å². The number of nitrogens with zero attached hydrogens (tertiary/aromatic N) is 5. The van der Waals surface area contributed by atoms with Gasteiger partial charge in [0.1, 0.15) is 18.3 Å². The van der Waals surface area contributed by atoms with Crippen LogP contribution in [-0.2, 0) is 0 Å². The van der Waals surface area contributed by atoms with E-state index in [1.54, 1.807) is 29.1 Å². The van der Waals surface area contributed by atoms with E-state index in [2.05, 4.69) is 16.9 Å².